The molecule has 0 aliphatic carbocycles. The number of para-hydroxylation sites is 2. The Labute approximate surface area is 141 Å². The summed E-state index contributed by atoms with van der Waals surface area (Å²) < 4.78 is 10.9. The van der Waals surface area contributed by atoms with Crippen LogP contribution in [0.2, 0.25) is 0 Å². The first kappa shape index (κ1) is 15.8. The minimum absolute atomic E-state index is 0.472. The molecule has 24 heavy (non-hydrogen) atoms. The van der Waals surface area contributed by atoms with Crippen molar-refractivity contribution in [1.82, 2.24) is 0 Å². The van der Waals surface area contributed by atoms with Crippen molar-refractivity contribution in [3.05, 3.63) is 83.9 Å². The highest BCUT2D eigenvalue weighted by molar-refractivity contribution is 5.75. The van der Waals surface area contributed by atoms with Crippen molar-refractivity contribution in [2.45, 2.75) is 13.8 Å². The van der Waals surface area contributed by atoms with E-state index >= 15 is 0 Å². The van der Waals surface area contributed by atoms with E-state index in [9.17, 15) is 4.79 Å². The van der Waals surface area contributed by atoms with E-state index in [0.717, 1.165) is 22.3 Å². The van der Waals surface area contributed by atoms with Crippen LogP contribution in [0.5, 0.6) is 11.5 Å². The second-order valence-electron chi connectivity index (χ2n) is 5.54. The lowest BCUT2D eigenvalue weighted by molar-refractivity contribution is 0.151. The van der Waals surface area contributed by atoms with Crippen molar-refractivity contribution >= 4 is 6.16 Å². The monoisotopic (exact) mass is 318 g/mol. The number of benzene rings is 3. The van der Waals surface area contributed by atoms with E-state index in [2.05, 4.69) is 0 Å². The number of hydrogen-bond acceptors (Lipinski definition) is 3. The minimum atomic E-state index is -0.740. The zero-order valence-electron chi connectivity index (χ0n) is 13.7. The Morgan fingerprint density at radius 3 is 2.04 bits per heavy atom. The van der Waals surface area contributed by atoms with Crippen molar-refractivity contribution in [3.63, 3.8) is 0 Å². The predicted octanol–water partition coefficient (Wildman–Crippen LogP) is 5.55. The first-order valence-electron chi connectivity index (χ1n) is 7.75. The van der Waals surface area contributed by atoms with E-state index in [4.69, 9.17) is 9.47 Å². The van der Waals surface area contributed by atoms with Crippen LogP contribution in [0.4, 0.5) is 4.79 Å². The molecule has 0 saturated heterocycles. The molecule has 3 nitrogen and oxygen atoms in total. The normalized spacial score (nSPS) is 10.2. The van der Waals surface area contributed by atoms with Gasteiger partial charge in [0.15, 0.2) is 0 Å². The molecular weight excluding hydrogens is 300 g/mol. The smallest absolute Gasteiger partial charge is 0.394 e. The molecule has 0 N–H and O–H groups in total. The van der Waals surface area contributed by atoms with Crippen LogP contribution in [-0.4, -0.2) is 6.16 Å². The molecule has 3 aromatic rings. The average Bonchev–Trinajstić information content (AvgIpc) is 2.60. The number of hydrogen-bond donors (Lipinski definition) is 0. The summed E-state index contributed by atoms with van der Waals surface area (Å²) in [7, 11) is 0. The van der Waals surface area contributed by atoms with E-state index in [0.29, 0.717) is 11.5 Å². The predicted molar refractivity (Wildman–Crippen MR) is 94.4 cm³/mol. The Hall–Kier alpha value is -3.07. The summed E-state index contributed by atoms with van der Waals surface area (Å²) in [5.41, 5.74) is 3.61. The molecular formula is C21H18O3. The maximum Gasteiger partial charge on any atom is 0.519 e. The number of aryl methyl sites for hydroxylation is 2. The van der Waals surface area contributed by atoms with Crippen molar-refractivity contribution in [3.8, 4) is 22.6 Å². The van der Waals surface area contributed by atoms with Gasteiger partial charge in [0.1, 0.15) is 11.5 Å². The second kappa shape index (κ2) is 7.01. The van der Waals surface area contributed by atoms with E-state index in [-0.39, 0.29) is 0 Å². The van der Waals surface area contributed by atoms with Crippen LogP contribution in [0, 0.1) is 13.8 Å². The third-order valence-corrected chi connectivity index (χ3v) is 3.76. The van der Waals surface area contributed by atoms with Crippen LogP contribution in [0.15, 0.2) is 72.8 Å². The van der Waals surface area contributed by atoms with Crippen LogP contribution in [0.25, 0.3) is 11.1 Å². The largest absolute Gasteiger partial charge is 0.519 e. The number of rotatable bonds is 3. The van der Waals surface area contributed by atoms with Crippen molar-refractivity contribution in [2.75, 3.05) is 0 Å². The van der Waals surface area contributed by atoms with Gasteiger partial charge in [-0.25, -0.2) is 4.79 Å². The fourth-order valence-corrected chi connectivity index (χ4v) is 2.57. The molecule has 0 atom stereocenters. The highest BCUT2D eigenvalue weighted by Gasteiger charge is 2.14. The zero-order valence-corrected chi connectivity index (χ0v) is 13.7. The molecule has 3 aromatic carbocycles. The van der Waals surface area contributed by atoms with Gasteiger partial charge in [0.25, 0.3) is 0 Å². The van der Waals surface area contributed by atoms with E-state index in [1.807, 2.05) is 80.6 Å². The van der Waals surface area contributed by atoms with E-state index in [1.165, 1.54) is 0 Å². The zero-order chi connectivity index (χ0) is 16.9. The lowest BCUT2D eigenvalue weighted by Crippen LogP contribution is -2.15. The molecule has 0 unspecified atom stereocenters. The van der Waals surface area contributed by atoms with Crippen molar-refractivity contribution < 1.29 is 14.3 Å². The van der Waals surface area contributed by atoms with Crippen molar-refractivity contribution in [2.24, 2.45) is 0 Å². The standard InChI is InChI=1S/C21H18O3/c1-15-9-8-10-16(2)20(15)24-21(22)23-19-14-7-6-13-18(19)17-11-4-3-5-12-17/h3-14H,1-2H3. The highest BCUT2D eigenvalue weighted by Crippen LogP contribution is 2.30. The van der Waals surface area contributed by atoms with Gasteiger partial charge in [-0.3, -0.25) is 0 Å². The van der Waals surface area contributed by atoms with Crippen molar-refractivity contribution in [1.29, 1.82) is 0 Å². The summed E-state index contributed by atoms with van der Waals surface area (Å²) in [5, 5.41) is 0. The SMILES string of the molecule is Cc1cccc(C)c1OC(=O)Oc1ccccc1-c1ccccc1. The van der Waals surface area contributed by atoms with Crippen LogP contribution in [0.1, 0.15) is 11.1 Å². The molecule has 0 heterocycles. The first-order chi connectivity index (χ1) is 11.6. The average molecular weight is 318 g/mol. The van der Waals surface area contributed by atoms with Gasteiger partial charge in [-0.2, -0.15) is 0 Å². The van der Waals surface area contributed by atoms with Crippen LogP contribution in [0.3, 0.4) is 0 Å². The Bertz CT molecular complexity index is 834. The second-order valence-corrected chi connectivity index (χ2v) is 5.54. The summed E-state index contributed by atoms with van der Waals surface area (Å²) in [4.78, 5) is 12.2. The number of carbonyl (C=O) groups is 1. The molecule has 0 radical (unpaired) electrons. The van der Waals surface area contributed by atoms with E-state index in [1.54, 1.807) is 6.07 Å². The molecule has 0 aromatic heterocycles. The van der Waals surface area contributed by atoms with Gasteiger partial charge in [0, 0.05) is 5.56 Å². The Morgan fingerprint density at radius 1 is 0.708 bits per heavy atom. The maximum atomic E-state index is 12.2. The summed E-state index contributed by atoms with van der Waals surface area (Å²) in [5.74, 6) is 1.01. The molecule has 0 amide bonds. The summed E-state index contributed by atoms with van der Waals surface area (Å²) in [6.07, 6.45) is -0.740. The highest BCUT2D eigenvalue weighted by atomic mass is 16.7. The molecule has 0 saturated carbocycles. The molecule has 3 rings (SSSR count). The maximum absolute atomic E-state index is 12.2. The third kappa shape index (κ3) is 3.46. The molecule has 3 heteroatoms. The third-order valence-electron chi connectivity index (χ3n) is 3.76. The van der Waals surface area contributed by atoms with Gasteiger partial charge in [-0.05, 0) is 36.6 Å². The van der Waals surface area contributed by atoms with Gasteiger partial charge in [0.05, 0.1) is 0 Å². The Morgan fingerprint density at radius 2 is 1.33 bits per heavy atom. The van der Waals surface area contributed by atoms with Crippen LogP contribution in [-0.2, 0) is 0 Å². The molecule has 0 bridgehead atoms. The summed E-state index contributed by atoms with van der Waals surface area (Å²) >= 11 is 0. The molecule has 120 valence electrons. The number of ether oxygens (including phenoxy) is 2. The van der Waals surface area contributed by atoms with E-state index < -0.39 is 6.16 Å². The first-order valence-corrected chi connectivity index (χ1v) is 7.75. The van der Waals surface area contributed by atoms with Gasteiger partial charge in [-0.15, -0.1) is 0 Å². The summed E-state index contributed by atoms with van der Waals surface area (Å²) in [6.45, 7) is 3.79. The topological polar surface area (TPSA) is 35.5 Å². The van der Waals surface area contributed by atoms with Crippen LogP contribution < -0.4 is 9.47 Å². The summed E-state index contributed by atoms with van der Waals surface area (Å²) in [6, 6.07) is 22.9. The molecule has 0 fully saturated rings. The lowest BCUT2D eigenvalue weighted by atomic mass is 10.1. The quantitative estimate of drug-likeness (QED) is 0.469. The number of carbonyl (C=O) groups excluding carboxylic acids is 1. The Kier molecular flexibility index (Phi) is 4.62. The van der Waals surface area contributed by atoms with Gasteiger partial charge < -0.3 is 9.47 Å². The minimum Gasteiger partial charge on any atom is -0.394 e. The van der Waals surface area contributed by atoms with Gasteiger partial charge in [0.2, 0.25) is 0 Å². The van der Waals surface area contributed by atoms with Crippen LogP contribution >= 0.6 is 0 Å². The fraction of sp³-hybridized carbons (Fsp3) is 0.0952. The fourth-order valence-electron chi connectivity index (χ4n) is 2.57. The molecule has 0 aliphatic rings. The Balaban J connectivity index is 1.83. The van der Waals surface area contributed by atoms with Gasteiger partial charge in [-0.1, -0.05) is 66.7 Å². The molecule has 0 aliphatic heterocycles. The lowest BCUT2D eigenvalue weighted by Gasteiger charge is -2.12. The molecule has 0 spiro atoms. The van der Waals surface area contributed by atoms with Gasteiger partial charge >= 0.3 is 6.16 Å².